The van der Waals surface area contributed by atoms with Crippen molar-refractivity contribution in [3.8, 4) is 57.5 Å². The van der Waals surface area contributed by atoms with Crippen molar-refractivity contribution in [1.29, 1.82) is 0 Å². The Labute approximate surface area is 649 Å². The molecule has 0 bridgehead atoms. The molecule has 0 amide bonds. The Hall–Kier alpha value is -12.8. The van der Waals surface area contributed by atoms with E-state index in [1.807, 2.05) is 105 Å². The first-order valence-electron chi connectivity index (χ1n) is 35.6. The summed E-state index contributed by atoms with van der Waals surface area (Å²) in [4.78, 5) is 22.7. The van der Waals surface area contributed by atoms with Crippen LogP contribution in [0.4, 0.5) is 0 Å². The predicted octanol–water partition coefficient (Wildman–Crippen LogP) is 22.0. The third-order valence-electron chi connectivity index (χ3n) is 17.6. The number of carbonyl (C=O) groups is 2. The molecule has 0 radical (unpaired) electrons. The van der Waals surface area contributed by atoms with Gasteiger partial charge in [-0.3, -0.25) is 9.59 Å². The van der Waals surface area contributed by atoms with Gasteiger partial charge in [0.15, 0.2) is 11.6 Å². The fourth-order valence-corrected chi connectivity index (χ4v) is 11.2. The largest absolute Gasteiger partial charge is 0.508 e. The number of aryl methyl sites for hydroxylation is 1. The van der Waals surface area contributed by atoms with Gasteiger partial charge in [-0.05, 0) is 143 Å². The lowest BCUT2D eigenvalue weighted by atomic mass is 9.78. The number of rotatable bonds is 13. The van der Waals surface area contributed by atoms with E-state index in [-0.39, 0.29) is 81.0 Å². The lowest BCUT2D eigenvalue weighted by Gasteiger charge is -2.26. The molecule has 13 heteroatoms. The van der Waals surface area contributed by atoms with Gasteiger partial charge in [-0.1, -0.05) is 305 Å². The molecule has 13 rings (SSSR count). The molecule has 11 N–H and O–H groups in total. The van der Waals surface area contributed by atoms with E-state index in [1.54, 1.807) is 84.9 Å². The minimum atomic E-state index is -0.293. The summed E-state index contributed by atoms with van der Waals surface area (Å²) in [5.74, 6) is 0.465. The summed E-state index contributed by atoms with van der Waals surface area (Å²) in [6.45, 7) is 20.3. The number of para-hydroxylation sites is 1. The van der Waals surface area contributed by atoms with Crippen LogP contribution in [0.15, 0.2) is 328 Å². The molecule has 0 fully saturated rings. The molecule has 0 saturated heterocycles. The summed E-state index contributed by atoms with van der Waals surface area (Å²) in [5.41, 5.74) is 13.5. The van der Waals surface area contributed by atoms with E-state index in [2.05, 4.69) is 158 Å². The van der Waals surface area contributed by atoms with Gasteiger partial charge in [0.2, 0.25) is 0 Å². The van der Waals surface area contributed by atoms with Crippen molar-refractivity contribution >= 4 is 11.6 Å². The molecule has 0 aliphatic heterocycles. The number of aromatic hydroxyl groups is 10. The molecule has 13 aromatic rings. The maximum atomic E-state index is 11.9. The summed E-state index contributed by atoms with van der Waals surface area (Å²) in [6, 6.07) is 100. The van der Waals surface area contributed by atoms with E-state index in [1.165, 1.54) is 82.3 Å². The fraction of sp³-hybridized carbons (Fsp3) is 0.175. The highest BCUT2D eigenvalue weighted by molar-refractivity contribution is 6.10. The molecule has 0 spiro atoms. The number of benzene rings is 13. The lowest BCUT2D eigenvalue weighted by molar-refractivity contribution is 0.101. The van der Waals surface area contributed by atoms with Crippen LogP contribution in [0, 0.1) is 6.92 Å². The van der Waals surface area contributed by atoms with E-state index in [0.717, 1.165) is 41.9 Å². The topological polar surface area (TPSA) is 257 Å². The molecular formula is C97H106O13. The van der Waals surface area contributed by atoms with Gasteiger partial charge in [0.25, 0.3) is 0 Å². The van der Waals surface area contributed by atoms with E-state index >= 15 is 0 Å². The van der Waals surface area contributed by atoms with E-state index in [9.17, 15) is 40.2 Å². The van der Waals surface area contributed by atoms with Crippen LogP contribution in [0.25, 0.3) is 0 Å². The van der Waals surface area contributed by atoms with Crippen molar-refractivity contribution in [1.82, 2.24) is 0 Å². The number of phenolic OH excluding ortho intramolecular Hbond substituents is 10. The van der Waals surface area contributed by atoms with Crippen molar-refractivity contribution in [2.45, 2.75) is 106 Å². The van der Waals surface area contributed by atoms with Gasteiger partial charge in [-0.15, -0.1) is 0 Å². The Morgan fingerprint density at radius 1 is 0.291 bits per heavy atom. The Kier molecular flexibility index (Phi) is 36.6. The van der Waals surface area contributed by atoms with E-state index in [0.29, 0.717) is 34.8 Å². The number of aliphatic hydroxyl groups excluding tert-OH is 1. The molecule has 0 aliphatic rings. The normalized spacial score (nSPS) is 10.3. The summed E-state index contributed by atoms with van der Waals surface area (Å²) < 4.78 is 0. The van der Waals surface area contributed by atoms with E-state index < -0.39 is 0 Å². The van der Waals surface area contributed by atoms with Gasteiger partial charge in [0, 0.05) is 64.7 Å². The number of hydrogen-bond donors (Lipinski definition) is 11. The minimum absolute atomic E-state index is 0. The van der Waals surface area contributed by atoms with Crippen LogP contribution in [-0.4, -0.2) is 74.8 Å². The number of hydrogen-bond acceptors (Lipinski definition) is 13. The van der Waals surface area contributed by atoms with Gasteiger partial charge < -0.3 is 56.2 Å². The summed E-state index contributed by atoms with van der Waals surface area (Å²) in [6.07, 6.45) is 1.70. The van der Waals surface area contributed by atoms with Crippen LogP contribution in [0.5, 0.6) is 57.5 Å². The molecule has 110 heavy (non-hydrogen) atoms. The Bertz CT molecular complexity index is 4690. The second kappa shape index (κ2) is 45.0. The van der Waals surface area contributed by atoms with Gasteiger partial charge in [0.05, 0.1) is 5.56 Å². The van der Waals surface area contributed by atoms with Crippen molar-refractivity contribution in [3.63, 3.8) is 0 Å². The average molecular weight is 1480 g/mol. The van der Waals surface area contributed by atoms with Crippen LogP contribution in [0.3, 0.4) is 0 Å². The van der Waals surface area contributed by atoms with Gasteiger partial charge in [-0.25, -0.2) is 0 Å². The van der Waals surface area contributed by atoms with Crippen molar-refractivity contribution < 1.29 is 65.8 Å². The van der Waals surface area contributed by atoms with Crippen LogP contribution >= 0.6 is 0 Å². The number of ketones is 2. The number of Topliss-reactive ketones (excluding diaryl/α,β-unsaturated/α-hetero) is 1. The lowest BCUT2D eigenvalue weighted by Crippen LogP contribution is -2.18. The first-order valence-corrected chi connectivity index (χ1v) is 35.6. The fourth-order valence-electron chi connectivity index (χ4n) is 11.2. The highest BCUT2D eigenvalue weighted by Crippen LogP contribution is 2.39. The van der Waals surface area contributed by atoms with Gasteiger partial charge in [0.1, 0.15) is 57.5 Å². The molecule has 572 valence electrons. The molecule has 0 aliphatic carbocycles. The molecule has 0 aromatic heterocycles. The molecule has 13 nitrogen and oxygen atoms in total. The monoisotopic (exact) mass is 1480 g/mol. The summed E-state index contributed by atoms with van der Waals surface area (Å²) in [5, 5.41) is 100. The maximum absolute atomic E-state index is 11.9. The zero-order valence-electron chi connectivity index (χ0n) is 63.8. The molecule has 0 atom stereocenters. The first kappa shape index (κ1) is 89.6. The molecule has 13 aromatic carbocycles. The number of aliphatic hydroxyl groups is 1. The Balaban J connectivity index is 0.000000269. The first-order chi connectivity index (χ1) is 52.1. The zero-order chi connectivity index (χ0) is 80.1. The zero-order valence-corrected chi connectivity index (χ0v) is 63.8. The van der Waals surface area contributed by atoms with Crippen LogP contribution in [0.1, 0.15) is 157 Å². The van der Waals surface area contributed by atoms with Crippen molar-refractivity contribution in [3.05, 3.63) is 405 Å². The van der Waals surface area contributed by atoms with Crippen molar-refractivity contribution in [2.24, 2.45) is 0 Å². The molecule has 0 saturated carbocycles. The van der Waals surface area contributed by atoms with Crippen molar-refractivity contribution in [2.75, 3.05) is 7.11 Å². The summed E-state index contributed by atoms with van der Waals surface area (Å²) in [7, 11) is 1.00. The quantitative estimate of drug-likeness (QED) is 0.0481. The van der Waals surface area contributed by atoms with E-state index in [4.69, 9.17) is 25.5 Å². The van der Waals surface area contributed by atoms with Crippen LogP contribution in [-0.2, 0) is 29.1 Å². The Morgan fingerprint density at radius 2 is 0.618 bits per heavy atom. The Morgan fingerprint density at radius 3 is 1.02 bits per heavy atom. The third-order valence-corrected chi connectivity index (χ3v) is 17.6. The second-order valence-electron chi connectivity index (χ2n) is 26.6. The standard InChI is InChI=1S/C16H18O.C15H16O2.C15H16O.C13H10O3.C13H12O2.C13H12.C8H8O3.C2H6.CH4O.CH4/c1-12-4-6-13(7-5-12)16(2,3)14-8-10-15(17)11-9-14;1-15(2,11-6-4-3-5-7-11)13-9-8-12(16)10-14(13)17;1-15(2,12-6-4-3-5-7-12)13-8-10-14(16)11-9-13;14-10-6-7-11(12(15)8-10)13(16)9-4-2-1-3-5-9;14-12-7-5-10(6-8-12)9-11-3-1-2-4-13(11)15;1-3-7-12(8-4-1)11-13-9-5-2-6-10-13;1-5(9)6-2-7(10)4-8(11)3-6;2*1-2;/h4-11,17H,1-3H3;3-10,16-17H,1-2H3;3-11,16H,1-2H3;1-8,14-15H;1-8,14-15H,9H2;1-10H,11H2;2-4,10-11H,1H3;1-2H3;2H,1H3;1H4. The molecule has 0 heterocycles. The smallest absolute Gasteiger partial charge is 0.196 e. The SMILES string of the molecule is C.CC.CC(=O)c1cc(O)cc(O)c1.CC(C)(c1ccccc1)c1ccc(O)cc1.CC(C)(c1ccccc1)c1ccc(O)cc1O.CO.Cc1ccc(C(C)(C)c2ccc(O)cc2)cc1.O=C(c1ccccc1)c1ccc(O)cc1O.Oc1ccc(Cc2ccccc2O)cc1.c1ccc(Cc2ccccc2)cc1. The average Bonchev–Trinajstić information content (AvgIpc) is 0.815. The predicted molar refractivity (Wildman–Crippen MR) is 447 cm³/mol. The number of carbonyl (C=O) groups excluding carboxylic acids is 2. The maximum Gasteiger partial charge on any atom is 0.196 e. The van der Waals surface area contributed by atoms with Gasteiger partial charge in [-0.2, -0.15) is 0 Å². The van der Waals surface area contributed by atoms with Gasteiger partial charge >= 0.3 is 0 Å². The highest BCUT2D eigenvalue weighted by atomic mass is 16.3. The second-order valence-corrected chi connectivity index (χ2v) is 26.6. The molecular weight excluding hydrogens is 1370 g/mol. The van der Waals surface area contributed by atoms with Crippen LogP contribution in [0.2, 0.25) is 0 Å². The minimum Gasteiger partial charge on any atom is -0.508 e. The highest BCUT2D eigenvalue weighted by Gasteiger charge is 2.27. The molecule has 0 unspecified atom stereocenters. The van der Waals surface area contributed by atoms with Crippen LogP contribution < -0.4 is 0 Å². The summed E-state index contributed by atoms with van der Waals surface area (Å²) >= 11 is 0. The third kappa shape index (κ3) is 28.5. The number of phenols is 10.